The number of rotatable bonds is 11. The molecule has 0 aromatic rings. The first-order valence-corrected chi connectivity index (χ1v) is 8.16. The summed E-state index contributed by atoms with van der Waals surface area (Å²) < 4.78 is 10.1. The summed E-state index contributed by atoms with van der Waals surface area (Å²) in [5.74, 6) is -0.0931. The molecule has 3 heteroatoms. The third-order valence-electron chi connectivity index (χ3n) is 3.75. The van der Waals surface area contributed by atoms with Crippen LogP contribution < -0.4 is 0 Å². The zero-order chi connectivity index (χ0) is 16.1. The fourth-order valence-electron chi connectivity index (χ4n) is 2.30. The highest BCUT2D eigenvalue weighted by Gasteiger charge is 2.22. The number of ether oxygens (including phenoxy) is 2. The molecule has 0 aliphatic carbocycles. The van der Waals surface area contributed by atoms with Crippen LogP contribution in [0.5, 0.6) is 0 Å². The molecule has 0 aliphatic heterocycles. The Morgan fingerprint density at radius 3 is 2.19 bits per heavy atom. The standard InChI is InChI=1S/C18H34O3/c1-18(2,3)16(20-4)14-12-10-8-6-7-9-11-13-15-17(19)21-5/h10,12,16H,6-9,11,13-15H2,1-5H3/b12-10+. The SMILES string of the molecule is COC(=O)CCCCCCC/C=C/CC(OC)C(C)(C)C. The van der Waals surface area contributed by atoms with Crippen molar-refractivity contribution in [3.8, 4) is 0 Å². The third kappa shape index (κ3) is 11.5. The summed E-state index contributed by atoms with van der Waals surface area (Å²) in [4.78, 5) is 10.9. The maximum absolute atomic E-state index is 10.9. The minimum atomic E-state index is -0.0931. The van der Waals surface area contributed by atoms with Gasteiger partial charge in [0.1, 0.15) is 0 Å². The molecule has 0 bridgehead atoms. The molecule has 1 atom stereocenters. The molecule has 0 radical (unpaired) electrons. The van der Waals surface area contributed by atoms with Gasteiger partial charge in [-0.1, -0.05) is 52.2 Å². The van der Waals surface area contributed by atoms with Crippen molar-refractivity contribution in [2.75, 3.05) is 14.2 Å². The van der Waals surface area contributed by atoms with E-state index < -0.39 is 0 Å². The molecular weight excluding hydrogens is 264 g/mol. The molecule has 0 aromatic heterocycles. The van der Waals surface area contributed by atoms with Gasteiger partial charge in [-0.05, 0) is 31.1 Å². The maximum atomic E-state index is 10.9. The lowest BCUT2D eigenvalue weighted by atomic mass is 9.87. The lowest BCUT2D eigenvalue weighted by Gasteiger charge is -2.28. The van der Waals surface area contributed by atoms with Crippen molar-refractivity contribution < 1.29 is 14.3 Å². The van der Waals surface area contributed by atoms with Gasteiger partial charge in [-0.15, -0.1) is 0 Å². The van der Waals surface area contributed by atoms with Crippen molar-refractivity contribution in [1.82, 2.24) is 0 Å². The van der Waals surface area contributed by atoms with Gasteiger partial charge < -0.3 is 9.47 Å². The summed E-state index contributed by atoms with van der Waals surface area (Å²) in [5.41, 5.74) is 0.193. The molecule has 0 aliphatic rings. The Morgan fingerprint density at radius 2 is 1.62 bits per heavy atom. The van der Waals surface area contributed by atoms with E-state index >= 15 is 0 Å². The molecule has 0 saturated heterocycles. The Bertz CT molecular complexity index is 289. The van der Waals surface area contributed by atoms with E-state index in [4.69, 9.17) is 4.74 Å². The van der Waals surface area contributed by atoms with Gasteiger partial charge in [0.25, 0.3) is 0 Å². The van der Waals surface area contributed by atoms with Crippen molar-refractivity contribution in [1.29, 1.82) is 0 Å². The van der Waals surface area contributed by atoms with Crippen LogP contribution in [0, 0.1) is 5.41 Å². The lowest BCUT2D eigenvalue weighted by Crippen LogP contribution is -2.27. The van der Waals surface area contributed by atoms with Gasteiger partial charge in [-0.3, -0.25) is 4.79 Å². The molecule has 0 heterocycles. The molecule has 0 rings (SSSR count). The molecule has 0 N–H and O–H groups in total. The third-order valence-corrected chi connectivity index (χ3v) is 3.75. The summed E-state index contributed by atoms with van der Waals surface area (Å²) >= 11 is 0. The Hall–Kier alpha value is -0.830. The van der Waals surface area contributed by atoms with E-state index in [1.54, 1.807) is 7.11 Å². The predicted molar refractivity (Wildman–Crippen MR) is 88.3 cm³/mol. The van der Waals surface area contributed by atoms with Gasteiger partial charge in [0.2, 0.25) is 0 Å². The van der Waals surface area contributed by atoms with Crippen LogP contribution in [0.4, 0.5) is 0 Å². The van der Waals surface area contributed by atoms with Gasteiger partial charge in [0.05, 0.1) is 13.2 Å². The predicted octanol–water partition coefficient (Wildman–Crippen LogP) is 4.90. The molecule has 0 saturated carbocycles. The lowest BCUT2D eigenvalue weighted by molar-refractivity contribution is -0.140. The first kappa shape index (κ1) is 20.2. The molecule has 0 aromatic carbocycles. The average Bonchev–Trinajstić information content (AvgIpc) is 2.43. The smallest absolute Gasteiger partial charge is 0.305 e. The number of carbonyl (C=O) groups is 1. The minimum absolute atomic E-state index is 0.0931. The fraction of sp³-hybridized carbons (Fsp3) is 0.833. The van der Waals surface area contributed by atoms with E-state index in [1.165, 1.54) is 26.4 Å². The van der Waals surface area contributed by atoms with Crippen LogP contribution in [0.15, 0.2) is 12.2 Å². The summed E-state index contributed by atoms with van der Waals surface area (Å²) in [6.07, 6.45) is 13.2. The van der Waals surface area contributed by atoms with Gasteiger partial charge in [0, 0.05) is 13.5 Å². The Balaban J connectivity index is 3.50. The number of methoxy groups -OCH3 is 2. The zero-order valence-electron chi connectivity index (χ0n) is 14.6. The second kappa shape index (κ2) is 11.8. The quantitative estimate of drug-likeness (QED) is 0.309. The second-order valence-corrected chi connectivity index (χ2v) is 6.68. The molecular formula is C18H34O3. The second-order valence-electron chi connectivity index (χ2n) is 6.68. The van der Waals surface area contributed by atoms with Gasteiger partial charge in [0.15, 0.2) is 0 Å². The molecule has 124 valence electrons. The zero-order valence-corrected chi connectivity index (χ0v) is 14.6. The topological polar surface area (TPSA) is 35.5 Å². The molecule has 21 heavy (non-hydrogen) atoms. The molecule has 1 unspecified atom stereocenters. The van der Waals surface area contributed by atoms with Crippen LogP contribution in [0.3, 0.4) is 0 Å². The van der Waals surface area contributed by atoms with Crippen LogP contribution >= 0.6 is 0 Å². The largest absolute Gasteiger partial charge is 0.469 e. The van der Waals surface area contributed by atoms with Crippen molar-refractivity contribution in [2.45, 2.75) is 78.2 Å². The molecule has 3 nitrogen and oxygen atoms in total. The first-order chi connectivity index (χ1) is 9.91. The summed E-state index contributed by atoms with van der Waals surface area (Å²) in [7, 11) is 3.24. The number of hydrogen-bond donors (Lipinski definition) is 0. The van der Waals surface area contributed by atoms with Crippen molar-refractivity contribution >= 4 is 5.97 Å². The van der Waals surface area contributed by atoms with E-state index in [9.17, 15) is 4.79 Å². The van der Waals surface area contributed by atoms with E-state index in [1.807, 2.05) is 0 Å². The summed E-state index contributed by atoms with van der Waals surface area (Å²) in [6, 6.07) is 0. The van der Waals surface area contributed by atoms with Crippen molar-refractivity contribution in [3.05, 3.63) is 12.2 Å². The van der Waals surface area contributed by atoms with Gasteiger partial charge >= 0.3 is 5.97 Å². The Morgan fingerprint density at radius 1 is 1.00 bits per heavy atom. The van der Waals surface area contributed by atoms with Crippen LogP contribution in [0.25, 0.3) is 0 Å². The maximum Gasteiger partial charge on any atom is 0.305 e. The highest BCUT2D eigenvalue weighted by Crippen LogP contribution is 2.24. The number of unbranched alkanes of at least 4 members (excludes halogenated alkanes) is 5. The highest BCUT2D eigenvalue weighted by molar-refractivity contribution is 5.68. The summed E-state index contributed by atoms with van der Waals surface area (Å²) in [5, 5.41) is 0. The number of esters is 1. The van der Waals surface area contributed by atoms with Crippen molar-refractivity contribution in [2.24, 2.45) is 5.41 Å². The fourth-order valence-corrected chi connectivity index (χ4v) is 2.30. The van der Waals surface area contributed by atoms with Crippen LogP contribution in [-0.2, 0) is 14.3 Å². The Labute approximate surface area is 131 Å². The number of carbonyl (C=O) groups excluding carboxylic acids is 1. The average molecular weight is 298 g/mol. The van der Waals surface area contributed by atoms with Gasteiger partial charge in [-0.25, -0.2) is 0 Å². The Kier molecular flexibility index (Phi) is 11.3. The van der Waals surface area contributed by atoms with Crippen LogP contribution in [0.2, 0.25) is 0 Å². The van der Waals surface area contributed by atoms with E-state index in [2.05, 4.69) is 37.7 Å². The summed E-state index contributed by atoms with van der Waals surface area (Å²) in [6.45, 7) is 6.63. The molecule has 0 spiro atoms. The van der Waals surface area contributed by atoms with Crippen molar-refractivity contribution in [3.63, 3.8) is 0 Å². The van der Waals surface area contributed by atoms with Crippen LogP contribution in [0.1, 0.15) is 72.1 Å². The molecule has 0 amide bonds. The highest BCUT2D eigenvalue weighted by atomic mass is 16.5. The van der Waals surface area contributed by atoms with E-state index in [0.29, 0.717) is 6.42 Å². The first-order valence-electron chi connectivity index (χ1n) is 8.16. The number of hydrogen-bond acceptors (Lipinski definition) is 3. The van der Waals surface area contributed by atoms with E-state index in [-0.39, 0.29) is 17.5 Å². The monoisotopic (exact) mass is 298 g/mol. The molecule has 0 fully saturated rings. The normalized spacial score (nSPS) is 13.6. The van der Waals surface area contributed by atoms with Crippen LogP contribution in [-0.4, -0.2) is 26.3 Å². The minimum Gasteiger partial charge on any atom is -0.469 e. The van der Waals surface area contributed by atoms with Gasteiger partial charge in [-0.2, -0.15) is 0 Å². The number of allylic oxidation sites excluding steroid dienone is 1. The van der Waals surface area contributed by atoms with E-state index in [0.717, 1.165) is 25.7 Å².